The van der Waals surface area contributed by atoms with Crippen LogP contribution in [0.15, 0.2) is 30.5 Å². The quantitative estimate of drug-likeness (QED) is 0.754. The predicted octanol–water partition coefficient (Wildman–Crippen LogP) is 2.71. The summed E-state index contributed by atoms with van der Waals surface area (Å²) in [5, 5.41) is 0. The van der Waals surface area contributed by atoms with Crippen LogP contribution in [0.4, 0.5) is 8.78 Å². The van der Waals surface area contributed by atoms with Gasteiger partial charge in [0.05, 0.1) is 5.69 Å². The van der Waals surface area contributed by atoms with Crippen molar-refractivity contribution in [3.63, 3.8) is 0 Å². The first kappa shape index (κ1) is 9.35. The van der Waals surface area contributed by atoms with Crippen LogP contribution in [-0.4, -0.2) is 4.98 Å². The SMILES string of the molecule is Fc1c[nH]c(C2OOc3ccccc32)c1F. The molecule has 0 aliphatic carbocycles. The third-order valence-corrected chi connectivity index (χ3v) is 2.50. The summed E-state index contributed by atoms with van der Waals surface area (Å²) in [6, 6.07) is 7.00. The summed E-state index contributed by atoms with van der Waals surface area (Å²) in [7, 11) is 0. The van der Waals surface area contributed by atoms with Crippen LogP contribution in [0.1, 0.15) is 17.4 Å². The molecule has 82 valence electrons. The van der Waals surface area contributed by atoms with Crippen molar-refractivity contribution in [1.29, 1.82) is 0 Å². The molecule has 0 saturated heterocycles. The van der Waals surface area contributed by atoms with Crippen molar-refractivity contribution in [2.45, 2.75) is 6.10 Å². The van der Waals surface area contributed by atoms with Crippen molar-refractivity contribution in [3.05, 3.63) is 53.4 Å². The molecule has 0 radical (unpaired) electrons. The molecule has 0 fully saturated rings. The number of H-pyrrole nitrogens is 1. The second-order valence-corrected chi connectivity index (χ2v) is 3.46. The minimum atomic E-state index is -0.940. The number of para-hydroxylation sites is 1. The van der Waals surface area contributed by atoms with E-state index in [9.17, 15) is 8.78 Å². The number of aromatic amines is 1. The van der Waals surface area contributed by atoms with Gasteiger partial charge in [-0.1, -0.05) is 18.2 Å². The molecule has 3 rings (SSSR count). The van der Waals surface area contributed by atoms with Gasteiger partial charge in [-0.25, -0.2) is 8.78 Å². The number of hydrogen-bond acceptors (Lipinski definition) is 2. The Balaban J connectivity index is 2.08. The van der Waals surface area contributed by atoms with Crippen LogP contribution >= 0.6 is 0 Å². The summed E-state index contributed by atoms with van der Waals surface area (Å²) in [6.45, 7) is 0. The van der Waals surface area contributed by atoms with Crippen molar-refractivity contribution in [3.8, 4) is 5.75 Å². The van der Waals surface area contributed by atoms with Crippen LogP contribution in [-0.2, 0) is 4.89 Å². The van der Waals surface area contributed by atoms with Crippen LogP contribution < -0.4 is 4.89 Å². The van der Waals surface area contributed by atoms with E-state index in [0.717, 1.165) is 6.20 Å². The molecule has 1 aromatic carbocycles. The van der Waals surface area contributed by atoms with Crippen LogP contribution in [0.25, 0.3) is 0 Å². The zero-order valence-corrected chi connectivity index (χ0v) is 8.04. The number of fused-ring (bicyclic) bond motifs is 1. The van der Waals surface area contributed by atoms with E-state index in [2.05, 4.69) is 4.98 Å². The Morgan fingerprint density at radius 1 is 1.19 bits per heavy atom. The highest BCUT2D eigenvalue weighted by molar-refractivity contribution is 5.40. The van der Waals surface area contributed by atoms with Crippen LogP contribution in [0.3, 0.4) is 0 Å². The standard InChI is InChI=1S/C11H7F2NO2/c12-7-5-14-10(9(7)13)11-6-3-1-2-4-8(6)15-16-11/h1-5,11,14H. The molecule has 1 aliphatic rings. The van der Waals surface area contributed by atoms with Gasteiger partial charge in [0.2, 0.25) is 0 Å². The van der Waals surface area contributed by atoms with Crippen molar-refractivity contribution in [1.82, 2.24) is 4.98 Å². The van der Waals surface area contributed by atoms with Crippen LogP contribution in [0.5, 0.6) is 5.75 Å². The van der Waals surface area contributed by atoms with Gasteiger partial charge in [0.25, 0.3) is 0 Å². The molecule has 1 aliphatic heterocycles. The fourth-order valence-electron chi connectivity index (χ4n) is 1.72. The number of benzene rings is 1. The zero-order chi connectivity index (χ0) is 11.1. The molecule has 3 nitrogen and oxygen atoms in total. The topological polar surface area (TPSA) is 34.2 Å². The molecule has 1 atom stereocenters. The van der Waals surface area contributed by atoms with Crippen molar-refractivity contribution in [2.24, 2.45) is 0 Å². The number of halogens is 2. The maximum Gasteiger partial charge on any atom is 0.182 e. The lowest BCUT2D eigenvalue weighted by Gasteiger charge is -2.04. The normalized spacial score (nSPS) is 18.2. The molecule has 0 spiro atoms. The monoisotopic (exact) mass is 223 g/mol. The lowest BCUT2D eigenvalue weighted by atomic mass is 10.1. The van der Waals surface area contributed by atoms with Gasteiger partial charge in [0.1, 0.15) is 0 Å². The van der Waals surface area contributed by atoms with E-state index in [0.29, 0.717) is 11.3 Å². The Bertz CT molecular complexity index is 539. The van der Waals surface area contributed by atoms with E-state index >= 15 is 0 Å². The summed E-state index contributed by atoms with van der Waals surface area (Å²) in [4.78, 5) is 12.4. The van der Waals surface area contributed by atoms with Gasteiger partial charge in [0, 0.05) is 11.8 Å². The summed E-state index contributed by atoms with van der Waals surface area (Å²) < 4.78 is 26.2. The van der Waals surface area contributed by atoms with Crippen LogP contribution in [0.2, 0.25) is 0 Å². The third-order valence-electron chi connectivity index (χ3n) is 2.50. The highest BCUT2D eigenvalue weighted by Gasteiger charge is 2.31. The maximum absolute atomic E-state index is 13.4. The maximum atomic E-state index is 13.4. The molecule has 2 aromatic rings. The van der Waals surface area contributed by atoms with Crippen LogP contribution in [0, 0.1) is 11.6 Å². The molecular formula is C11H7F2NO2. The minimum absolute atomic E-state index is 0.0300. The fourth-order valence-corrected chi connectivity index (χ4v) is 1.72. The van der Waals surface area contributed by atoms with E-state index in [1.807, 2.05) is 0 Å². The average molecular weight is 223 g/mol. The Morgan fingerprint density at radius 3 is 2.75 bits per heavy atom. The molecule has 0 bridgehead atoms. The number of rotatable bonds is 1. The van der Waals surface area contributed by atoms with Gasteiger partial charge in [-0.2, -0.15) is 4.89 Å². The first-order valence-electron chi connectivity index (χ1n) is 4.72. The van der Waals surface area contributed by atoms with E-state index < -0.39 is 17.7 Å². The van der Waals surface area contributed by atoms with E-state index in [1.165, 1.54) is 0 Å². The van der Waals surface area contributed by atoms with Crippen molar-refractivity contribution < 1.29 is 18.6 Å². The summed E-state index contributed by atoms with van der Waals surface area (Å²) in [5.74, 6) is -1.35. The molecule has 2 heterocycles. The van der Waals surface area contributed by atoms with E-state index in [-0.39, 0.29) is 5.69 Å². The first-order valence-corrected chi connectivity index (χ1v) is 4.72. The first-order chi connectivity index (χ1) is 7.77. The minimum Gasteiger partial charge on any atom is -0.357 e. The number of nitrogens with one attached hydrogen (secondary N) is 1. The highest BCUT2D eigenvalue weighted by Crippen LogP contribution is 2.39. The smallest absolute Gasteiger partial charge is 0.182 e. The Kier molecular flexibility index (Phi) is 1.94. The molecule has 1 N–H and O–H groups in total. The number of hydrogen-bond donors (Lipinski definition) is 1. The average Bonchev–Trinajstić information content (AvgIpc) is 2.85. The van der Waals surface area contributed by atoms with E-state index in [4.69, 9.17) is 9.78 Å². The van der Waals surface area contributed by atoms with E-state index in [1.54, 1.807) is 24.3 Å². The molecule has 5 heteroatoms. The largest absolute Gasteiger partial charge is 0.357 e. The predicted molar refractivity (Wildman–Crippen MR) is 50.7 cm³/mol. The molecular weight excluding hydrogens is 216 g/mol. The number of aromatic nitrogens is 1. The molecule has 0 saturated carbocycles. The van der Waals surface area contributed by atoms with Gasteiger partial charge in [-0.15, -0.1) is 0 Å². The van der Waals surface area contributed by atoms with Crippen molar-refractivity contribution in [2.75, 3.05) is 0 Å². The fraction of sp³-hybridized carbons (Fsp3) is 0.0909. The lowest BCUT2D eigenvalue weighted by molar-refractivity contribution is -0.213. The van der Waals surface area contributed by atoms with Crippen molar-refractivity contribution >= 4 is 0 Å². The van der Waals surface area contributed by atoms with Gasteiger partial charge in [-0.3, -0.25) is 0 Å². The van der Waals surface area contributed by atoms with Gasteiger partial charge >= 0.3 is 0 Å². The van der Waals surface area contributed by atoms with Gasteiger partial charge in [-0.05, 0) is 6.07 Å². The summed E-state index contributed by atoms with van der Waals surface area (Å²) in [6.07, 6.45) is 0.204. The zero-order valence-electron chi connectivity index (χ0n) is 8.04. The second-order valence-electron chi connectivity index (χ2n) is 3.46. The lowest BCUT2D eigenvalue weighted by Crippen LogP contribution is -2.02. The highest BCUT2D eigenvalue weighted by atomic mass is 19.2. The third kappa shape index (κ3) is 1.22. The van der Waals surface area contributed by atoms with Gasteiger partial charge < -0.3 is 9.87 Å². The molecule has 0 amide bonds. The Morgan fingerprint density at radius 2 is 2.00 bits per heavy atom. The summed E-state index contributed by atoms with van der Waals surface area (Å²) >= 11 is 0. The summed E-state index contributed by atoms with van der Waals surface area (Å²) in [5.41, 5.74) is 0.700. The Hall–Kier alpha value is -1.88. The molecule has 1 unspecified atom stereocenters. The molecule has 16 heavy (non-hydrogen) atoms. The second kappa shape index (κ2) is 3.31. The Labute approximate surface area is 89.5 Å². The molecule has 1 aromatic heterocycles. The van der Waals surface area contributed by atoms with Gasteiger partial charge in [0.15, 0.2) is 23.5 Å².